The lowest BCUT2D eigenvalue weighted by molar-refractivity contribution is 0.669. The van der Waals surface area contributed by atoms with E-state index < -0.39 is 0 Å². The van der Waals surface area contributed by atoms with E-state index in [4.69, 9.17) is 4.42 Å². The summed E-state index contributed by atoms with van der Waals surface area (Å²) in [5.41, 5.74) is 9.87. The maximum atomic E-state index is 6.16. The van der Waals surface area contributed by atoms with E-state index in [0.29, 0.717) is 0 Å². The Morgan fingerprint density at radius 1 is 0.348 bits per heavy atom. The van der Waals surface area contributed by atoms with E-state index in [1.807, 2.05) is 12.1 Å². The molecule has 0 aliphatic heterocycles. The molecular weight excluding hydrogens is 558 g/mol. The summed E-state index contributed by atoms with van der Waals surface area (Å²) in [6, 6.07) is 62.9. The third-order valence-electron chi connectivity index (χ3n) is 9.05. The molecule has 0 spiro atoms. The van der Waals surface area contributed by atoms with Crippen LogP contribution in [0.2, 0.25) is 0 Å². The summed E-state index contributed by atoms with van der Waals surface area (Å²) in [6.45, 7) is 0. The van der Waals surface area contributed by atoms with Crippen LogP contribution < -0.4 is 4.90 Å². The Morgan fingerprint density at radius 2 is 0.978 bits per heavy atom. The number of rotatable bonds is 5. The molecule has 0 amide bonds. The molecule has 1 heterocycles. The summed E-state index contributed by atoms with van der Waals surface area (Å²) in [6.07, 6.45) is 0. The van der Waals surface area contributed by atoms with Gasteiger partial charge in [0.2, 0.25) is 0 Å². The average molecular weight is 588 g/mol. The molecule has 1 aromatic heterocycles. The molecule has 0 aliphatic rings. The Bertz CT molecular complexity index is 2530. The van der Waals surface area contributed by atoms with Crippen molar-refractivity contribution in [3.05, 3.63) is 176 Å². The van der Waals surface area contributed by atoms with Gasteiger partial charge in [-0.3, -0.25) is 0 Å². The number of nitrogens with zero attached hydrogens (tertiary/aromatic N) is 1. The topological polar surface area (TPSA) is 16.4 Å². The molecule has 0 saturated heterocycles. The zero-order chi connectivity index (χ0) is 30.5. The molecule has 8 aromatic carbocycles. The summed E-state index contributed by atoms with van der Waals surface area (Å²) >= 11 is 0. The molecule has 0 aliphatic carbocycles. The number of furan rings is 1. The van der Waals surface area contributed by atoms with Crippen LogP contribution in [0.3, 0.4) is 0 Å². The summed E-state index contributed by atoms with van der Waals surface area (Å²) in [5.74, 6) is 0. The van der Waals surface area contributed by atoms with Crippen LogP contribution in [0, 0.1) is 0 Å². The number of fused-ring (bicyclic) bond motifs is 5. The monoisotopic (exact) mass is 587 g/mol. The van der Waals surface area contributed by atoms with E-state index in [1.165, 1.54) is 32.7 Å². The second kappa shape index (κ2) is 10.8. The summed E-state index contributed by atoms with van der Waals surface area (Å²) < 4.78 is 6.16. The van der Waals surface area contributed by atoms with Crippen molar-refractivity contribution in [1.29, 1.82) is 0 Å². The Balaban J connectivity index is 1.22. The van der Waals surface area contributed by atoms with Gasteiger partial charge < -0.3 is 9.32 Å². The fourth-order valence-electron chi connectivity index (χ4n) is 6.82. The van der Waals surface area contributed by atoms with E-state index in [1.54, 1.807) is 0 Å². The van der Waals surface area contributed by atoms with E-state index in [-0.39, 0.29) is 0 Å². The molecule has 0 radical (unpaired) electrons. The predicted octanol–water partition coefficient (Wildman–Crippen LogP) is 12.7. The van der Waals surface area contributed by atoms with Gasteiger partial charge in [-0.25, -0.2) is 0 Å². The molecular formula is C44H29NO. The SMILES string of the molecule is c1ccc(N(c2ccc(-c3cccc4ccccc34)cc2)c2ccc3ccccc3c2)c(-c2ccc3oc4ccccc4c3c2)c1. The van der Waals surface area contributed by atoms with E-state index in [0.717, 1.165) is 50.1 Å². The van der Waals surface area contributed by atoms with Gasteiger partial charge in [0.05, 0.1) is 5.69 Å². The lowest BCUT2D eigenvalue weighted by atomic mass is 9.97. The summed E-state index contributed by atoms with van der Waals surface area (Å²) in [5, 5.41) is 7.20. The third-order valence-corrected chi connectivity index (χ3v) is 9.05. The molecule has 9 rings (SSSR count). The lowest BCUT2D eigenvalue weighted by Gasteiger charge is -2.28. The first-order chi connectivity index (χ1) is 22.8. The van der Waals surface area contributed by atoms with E-state index >= 15 is 0 Å². The van der Waals surface area contributed by atoms with Gasteiger partial charge in [0.25, 0.3) is 0 Å². The van der Waals surface area contributed by atoms with Crippen molar-refractivity contribution in [2.45, 2.75) is 0 Å². The predicted molar refractivity (Wildman–Crippen MR) is 194 cm³/mol. The molecule has 0 fully saturated rings. The largest absolute Gasteiger partial charge is 0.456 e. The van der Waals surface area contributed by atoms with Crippen LogP contribution in [0.1, 0.15) is 0 Å². The van der Waals surface area contributed by atoms with Crippen molar-refractivity contribution in [3.8, 4) is 22.3 Å². The van der Waals surface area contributed by atoms with E-state index in [9.17, 15) is 0 Å². The van der Waals surface area contributed by atoms with Crippen LogP contribution in [0.15, 0.2) is 180 Å². The second-order valence-corrected chi connectivity index (χ2v) is 11.8. The minimum absolute atomic E-state index is 0.901. The molecule has 46 heavy (non-hydrogen) atoms. The van der Waals surface area contributed by atoms with Crippen molar-refractivity contribution in [3.63, 3.8) is 0 Å². The van der Waals surface area contributed by atoms with E-state index in [2.05, 4.69) is 169 Å². The third kappa shape index (κ3) is 4.43. The standard InChI is InChI=1S/C44H29NO/c1-2-12-33-28-36(26-20-30(33)10-1)45(35-24-21-32(22-25-35)38-17-9-13-31-11-3-4-14-37(31)38)42-18-7-5-15-39(42)34-23-27-44-41(29-34)40-16-6-8-19-43(40)46-44/h1-29H. The van der Waals surface area contributed by atoms with Crippen LogP contribution in [-0.4, -0.2) is 0 Å². The van der Waals surface area contributed by atoms with Crippen molar-refractivity contribution >= 4 is 60.5 Å². The zero-order valence-electron chi connectivity index (χ0n) is 25.1. The van der Waals surface area contributed by atoms with Crippen molar-refractivity contribution in [2.24, 2.45) is 0 Å². The smallest absolute Gasteiger partial charge is 0.135 e. The first-order valence-corrected chi connectivity index (χ1v) is 15.7. The van der Waals surface area contributed by atoms with Gasteiger partial charge >= 0.3 is 0 Å². The van der Waals surface area contributed by atoms with Crippen LogP contribution in [0.5, 0.6) is 0 Å². The van der Waals surface area contributed by atoms with Crippen molar-refractivity contribution in [1.82, 2.24) is 0 Å². The van der Waals surface area contributed by atoms with Crippen LogP contribution >= 0.6 is 0 Å². The fourth-order valence-corrected chi connectivity index (χ4v) is 6.82. The minimum Gasteiger partial charge on any atom is -0.456 e. The van der Waals surface area contributed by atoms with Gasteiger partial charge in [-0.05, 0) is 86.8 Å². The van der Waals surface area contributed by atoms with Gasteiger partial charge in [-0.15, -0.1) is 0 Å². The van der Waals surface area contributed by atoms with Gasteiger partial charge in [0, 0.05) is 27.7 Å². The number of hydrogen-bond donors (Lipinski definition) is 0. The summed E-state index contributed by atoms with van der Waals surface area (Å²) in [7, 11) is 0. The molecule has 216 valence electrons. The van der Waals surface area contributed by atoms with Gasteiger partial charge in [-0.1, -0.05) is 127 Å². The highest BCUT2D eigenvalue weighted by Gasteiger charge is 2.19. The Kier molecular flexibility index (Phi) is 6.17. The van der Waals surface area contributed by atoms with Crippen molar-refractivity contribution in [2.75, 3.05) is 4.90 Å². The average Bonchev–Trinajstić information content (AvgIpc) is 3.50. The molecule has 0 N–H and O–H groups in total. The number of benzene rings is 8. The molecule has 0 bridgehead atoms. The van der Waals surface area contributed by atoms with Crippen LogP contribution in [0.25, 0.3) is 65.7 Å². The molecule has 2 nitrogen and oxygen atoms in total. The Morgan fingerprint density at radius 3 is 1.87 bits per heavy atom. The van der Waals surface area contributed by atoms with Gasteiger partial charge in [0.1, 0.15) is 11.2 Å². The Labute approximate surface area is 267 Å². The Hall–Kier alpha value is -6.12. The first kappa shape index (κ1) is 26.3. The number of hydrogen-bond acceptors (Lipinski definition) is 2. The van der Waals surface area contributed by atoms with Crippen molar-refractivity contribution < 1.29 is 4.42 Å². The number of anilines is 3. The zero-order valence-corrected chi connectivity index (χ0v) is 25.1. The minimum atomic E-state index is 0.901. The molecule has 9 aromatic rings. The first-order valence-electron chi connectivity index (χ1n) is 15.7. The maximum absolute atomic E-state index is 6.16. The molecule has 0 atom stereocenters. The second-order valence-electron chi connectivity index (χ2n) is 11.8. The molecule has 0 unspecified atom stereocenters. The van der Waals surface area contributed by atoms with Crippen LogP contribution in [-0.2, 0) is 0 Å². The highest BCUT2D eigenvalue weighted by atomic mass is 16.3. The fraction of sp³-hybridized carbons (Fsp3) is 0. The van der Waals surface area contributed by atoms with Gasteiger partial charge in [-0.2, -0.15) is 0 Å². The quantitative estimate of drug-likeness (QED) is 0.199. The van der Waals surface area contributed by atoms with Gasteiger partial charge in [0.15, 0.2) is 0 Å². The van der Waals surface area contributed by atoms with Crippen LogP contribution in [0.4, 0.5) is 17.1 Å². The highest BCUT2D eigenvalue weighted by Crippen LogP contribution is 2.43. The maximum Gasteiger partial charge on any atom is 0.135 e. The normalized spacial score (nSPS) is 11.5. The summed E-state index contributed by atoms with van der Waals surface area (Å²) in [4.78, 5) is 2.38. The molecule has 2 heteroatoms. The number of para-hydroxylation sites is 2. The lowest BCUT2D eigenvalue weighted by Crippen LogP contribution is -2.11. The molecule has 0 saturated carbocycles. The highest BCUT2D eigenvalue weighted by molar-refractivity contribution is 6.07.